The number of aromatic nitrogens is 4. The third kappa shape index (κ3) is 7.57. The van der Waals surface area contributed by atoms with Gasteiger partial charge in [0.1, 0.15) is 23.5 Å². The first-order valence-electron chi connectivity index (χ1n) is 18.7. The Bertz CT molecular complexity index is 1920. The second-order valence-corrected chi connectivity index (χ2v) is 14.5. The summed E-state index contributed by atoms with van der Waals surface area (Å²) in [6, 6.07) is 11.5. The molecule has 3 N–H and O–H groups in total. The molecule has 2 aliphatic heterocycles. The lowest BCUT2D eigenvalue weighted by atomic mass is 10.0. The zero-order valence-corrected chi connectivity index (χ0v) is 31.5. The number of hydrogen-bond donors (Lipinski definition) is 3. The summed E-state index contributed by atoms with van der Waals surface area (Å²) >= 11 is 0. The molecule has 2 saturated heterocycles. The minimum absolute atomic E-state index is 0.0959. The average Bonchev–Trinajstić information content (AvgIpc) is 3.98. The molecule has 2 aliphatic rings. The summed E-state index contributed by atoms with van der Waals surface area (Å²) in [5.41, 5.74) is 4.24. The van der Waals surface area contributed by atoms with Gasteiger partial charge in [-0.2, -0.15) is 0 Å². The van der Waals surface area contributed by atoms with Crippen LogP contribution in [0, 0.1) is 11.7 Å². The van der Waals surface area contributed by atoms with Crippen LogP contribution in [0.5, 0.6) is 0 Å². The molecular formula is C40H51FN8O4. The number of nitrogens with zero attached hydrogens (tertiary/aromatic N) is 6. The van der Waals surface area contributed by atoms with Crippen LogP contribution in [0.2, 0.25) is 0 Å². The maximum atomic E-state index is 15.7. The molecule has 13 heteroatoms. The maximum absolute atomic E-state index is 15.7. The lowest BCUT2D eigenvalue weighted by Crippen LogP contribution is -2.51. The van der Waals surface area contributed by atoms with Gasteiger partial charge in [-0.3, -0.25) is 19.4 Å². The Morgan fingerprint density at radius 2 is 1.36 bits per heavy atom. The molecule has 282 valence electrons. The number of halogens is 1. The number of likely N-dealkylation sites (N-methyl/N-ethyl adjacent to an activating group) is 2. The van der Waals surface area contributed by atoms with E-state index in [0.29, 0.717) is 36.0 Å². The zero-order valence-electron chi connectivity index (χ0n) is 31.5. The van der Waals surface area contributed by atoms with Crippen molar-refractivity contribution < 1.29 is 23.9 Å². The van der Waals surface area contributed by atoms with Crippen LogP contribution in [0.4, 0.5) is 9.18 Å². The molecule has 0 spiro atoms. The highest BCUT2D eigenvalue weighted by molar-refractivity contribution is 5.86. The van der Waals surface area contributed by atoms with Crippen LogP contribution in [-0.4, -0.2) is 108 Å². The molecule has 0 radical (unpaired) electrons. The van der Waals surface area contributed by atoms with Crippen LogP contribution in [0.25, 0.3) is 33.6 Å². The number of carbonyl (C=O) groups excluding carboxylic acids is 2. The van der Waals surface area contributed by atoms with Gasteiger partial charge in [-0.05, 0) is 80.4 Å². The van der Waals surface area contributed by atoms with Crippen LogP contribution < -0.4 is 0 Å². The minimum Gasteiger partial charge on any atom is -0.465 e. The number of imidazole rings is 2. The van der Waals surface area contributed by atoms with Crippen LogP contribution in [0.15, 0.2) is 54.9 Å². The van der Waals surface area contributed by atoms with Crippen molar-refractivity contribution in [2.75, 3.05) is 33.2 Å². The molecule has 0 bridgehead atoms. The minimum atomic E-state index is -1.14. The van der Waals surface area contributed by atoms with Gasteiger partial charge in [-0.25, -0.2) is 19.2 Å². The Labute approximate surface area is 310 Å². The quantitative estimate of drug-likeness (QED) is 0.143. The lowest BCUT2D eigenvalue weighted by molar-refractivity contribution is -0.139. The van der Waals surface area contributed by atoms with E-state index in [9.17, 15) is 19.5 Å². The Morgan fingerprint density at radius 1 is 0.830 bits per heavy atom. The Kier molecular flexibility index (Phi) is 11.3. The molecule has 6 rings (SSSR count). The van der Waals surface area contributed by atoms with E-state index >= 15 is 4.39 Å². The highest BCUT2D eigenvalue weighted by Crippen LogP contribution is 2.36. The molecular weight excluding hydrogens is 675 g/mol. The van der Waals surface area contributed by atoms with E-state index < -0.39 is 12.1 Å². The number of carboxylic acid groups (broad SMARTS) is 1. The molecule has 0 saturated carbocycles. The molecule has 0 aliphatic carbocycles. The maximum Gasteiger partial charge on any atom is 0.407 e. The summed E-state index contributed by atoms with van der Waals surface area (Å²) in [5.74, 6) is 0.663. The number of aromatic amines is 2. The number of rotatable bonds is 12. The van der Waals surface area contributed by atoms with Crippen molar-refractivity contribution in [1.29, 1.82) is 0 Å². The molecule has 4 atom stereocenters. The number of hydrogen-bond acceptors (Lipinski definition) is 6. The first-order chi connectivity index (χ1) is 25.4. The van der Waals surface area contributed by atoms with Crippen LogP contribution in [0.1, 0.15) is 84.0 Å². The Morgan fingerprint density at radius 3 is 1.91 bits per heavy atom. The van der Waals surface area contributed by atoms with Gasteiger partial charge in [0.05, 0.1) is 41.9 Å². The lowest BCUT2D eigenvalue weighted by Gasteiger charge is -2.33. The largest absolute Gasteiger partial charge is 0.465 e. The first kappa shape index (κ1) is 37.7. The van der Waals surface area contributed by atoms with Crippen molar-refractivity contribution in [1.82, 2.24) is 39.5 Å². The topological polar surface area (TPSA) is 142 Å². The molecule has 4 aromatic rings. The van der Waals surface area contributed by atoms with Gasteiger partial charge in [-0.1, -0.05) is 58.0 Å². The van der Waals surface area contributed by atoms with Crippen molar-refractivity contribution in [3.63, 3.8) is 0 Å². The fourth-order valence-corrected chi connectivity index (χ4v) is 8.03. The van der Waals surface area contributed by atoms with Crippen LogP contribution >= 0.6 is 0 Å². The predicted octanol–water partition coefficient (Wildman–Crippen LogP) is 6.96. The van der Waals surface area contributed by atoms with Gasteiger partial charge < -0.3 is 24.9 Å². The highest BCUT2D eigenvalue weighted by atomic mass is 19.1. The molecule has 2 fully saturated rings. The van der Waals surface area contributed by atoms with E-state index in [1.807, 2.05) is 56.0 Å². The monoisotopic (exact) mass is 726 g/mol. The van der Waals surface area contributed by atoms with Crippen molar-refractivity contribution in [2.24, 2.45) is 5.92 Å². The predicted molar refractivity (Wildman–Crippen MR) is 201 cm³/mol. The fourth-order valence-electron chi connectivity index (χ4n) is 8.03. The summed E-state index contributed by atoms with van der Waals surface area (Å²) in [4.78, 5) is 61.5. The van der Waals surface area contributed by atoms with E-state index in [1.165, 1.54) is 13.1 Å². The Hall–Kier alpha value is -5.04. The third-order valence-electron chi connectivity index (χ3n) is 11.0. The van der Waals surface area contributed by atoms with Gasteiger partial charge in [0.15, 0.2) is 0 Å². The van der Waals surface area contributed by atoms with Crippen molar-refractivity contribution in [3.05, 3.63) is 72.3 Å². The second kappa shape index (κ2) is 15.9. The number of nitrogens with one attached hydrogen (secondary N) is 2. The fraction of sp³-hybridized carbons (Fsp3) is 0.475. The number of amides is 3. The van der Waals surface area contributed by atoms with E-state index in [0.717, 1.165) is 66.1 Å². The SMILES string of the molecule is CCN(CC)[C@H](C)C(=O)N1CCC[C@H]1c1ncc(-c2ccc(-c3ccc(-c4cnc([C@@H]5CCCN5C(=O)[C@H](C(C)C)N(C)C(=O)O)[nH]4)cc3)cc2F)[nH]1. The van der Waals surface area contributed by atoms with Gasteiger partial charge in [0.2, 0.25) is 11.8 Å². The van der Waals surface area contributed by atoms with Crippen molar-refractivity contribution in [3.8, 4) is 33.6 Å². The van der Waals surface area contributed by atoms with Crippen LogP contribution in [0.3, 0.4) is 0 Å². The molecule has 2 aromatic carbocycles. The molecule has 53 heavy (non-hydrogen) atoms. The normalized spacial score (nSPS) is 18.6. The highest BCUT2D eigenvalue weighted by Gasteiger charge is 2.40. The van der Waals surface area contributed by atoms with Crippen molar-refractivity contribution >= 4 is 17.9 Å². The first-order valence-corrected chi connectivity index (χ1v) is 18.7. The summed E-state index contributed by atoms with van der Waals surface area (Å²) in [7, 11) is 1.44. The van der Waals surface area contributed by atoms with Crippen LogP contribution in [-0.2, 0) is 9.59 Å². The summed E-state index contributed by atoms with van der Waals surface area (Å²) in [6.45, 7) is 12.6. The molecule has 2 aromatic heterocycles. The average molecular weight is 727 g/mol. The number of benzene rings is 2. The molecule has 4 heterocycles. The molecule has 12 nitrogen and oxygen atoms in total. The number of likely N-dealkylation sites (tertiary alicyclic amines) is 2. The summed E-state index contributed by atoms with van der Waals surface area (Å²) in [6.07, 6.45) is 5.50. The number of H-pyrrole nitrogens is 2. The third-order valence-corrected chi connectivity index (χ3v) is 11.0. The Balaban J connectivity index is 1.14. The summed E-state index contributed by atoms with van der Waals surface area (Å²) in [5, 5.41) is 9.57. The summed E-state index contributed by atoms with van der Waals surface area (Å²) < 4.78 is 15.7. The standard InChI is InChI=1S/C40H51FN8O4/c1-7-47(8-2)25(5)38(50)48-19-9-11-33(48)37-43-23-32(45-37)29-18-17-28(21-30(29)41)26-13-15-27(16-14-26)31-22-42-36(44-31)34-12-10-20-49(34)39(51)35(24(3)4)46(6)40(52)53/h13-18,21-25,33-35H,7-12,19-20H2,1-6H3,(H,42,44)(H,43,45)(H,52,53)/t25-,33+,34+,35+/m1/s1. The van der Waals surface area contributed by atoms with Gasteiger partial charge >= 0.3 is 6.09 Å². The second-order valence-electron chi connectivity index (χ2n) is 14.5. The van der Waals surface area contributed by atoms with E-state index in [4.69, 9.17) is 0 Å². The van der Waals surface area contributed by atoms with E-state index in [-0.39, 0.29) is 41.7 Å². The van der Waals surface area contributed by atoms with E-state index in [2.05, 4.69) is 38.7 Å². The van der Waals surface area contributed by atoms with Gasteiger partial charge in [-0.15, -0.1) is 0 Å². The number of carbonyl (C=O) groups is 3. The van der Waals surface area contributed by atoms with Crippen molar-refractivity contribution in [2.45, 2.75) is 84.5 Å². The smallest absolute Gasteiger partial charge is 0.407 e. The van der Waals surface area contributed by atoms with E-state index in [1.54, 1.807) is 23.4 Å². The van der Waals surface area contributed by atoms with Gasteiger partial charge in [0, 0.05) is 25.7 Å². The van der Waals surface area contributed by atoms with Gasteiger partial charge in [0.25, 0.3) is 0 Å². The molecule has 0 unspecified atom stereocenters. The zero-order chi connectivity index (χ0) is 38.0. The molecule has 3 amide bonds.